The SMILES string of the molecule is C[C@H](NCCc1cccs1)C1CC1. The minimum atomic E-state index is 0.736. The van der Waals surface area contributed by atoms with Crippen molar-refractivity contribution in [3.8, 4) is 0 Å². The van der Waals surface area contributed by atoms with Crippen LogP contribution >= 0.6 is 11.3 Å². The summed E-state index contributed by atoms with van der Waals surface area (Å²) in [6.45, 7) is 3.45. The second kappa shape index (κ2) is 4.25. The number of hydrogen-bond acceptors (Lipinski definition) is 2. The van der Waals surface area contributed by atoms with Gasteiger partial charge in [-0.2, -0.15) is 0 Å². The fraction of sp³-hybridized carbons (Fsp3) is 0.636. The molecule has 1 atom stereocenters. The molecular weight excluding hydrogens is 178 g/mol. The van der Waals surface area contributed by atoms with Gasteiger partial charge in [-0.15, -0.1) is 11.3 Å². The van der Waals surface area contributed by atoms with Crippen LogP contribution in [0.5, 0.6) is 0 Å². The van der Waals surface area contributed by atoms with Crippen molar-refractivity contribution < 1.29 is 0 Å². The lowest BCUT2D eigenvalue weighted by Gasteiger charge is -2.11. The van der Waals surface area contributed by atoms with E-state index in [0.29, 0.717) is 0 Å². The Hall–Kier alpha value is -0.340. The number of rotatable bonds is 5. The Morgan fingerprint density at radius 1 is 1.62 bits per heavy atom. The Kier molecular flexibility index (Phi) is 3.01. The smallest absolute Gasteiger partial charge is 0.00671 e. The fourth-order valence-electron chi connectivity index (χ4n) is 1.64. The van der Waals surface area contributed by atoms with Crippen LogP contribution in [-0.2, 0) is 6.42 Å². The first-order chi connectivity index (χ1) is 6.36. The first-order valence-electron chi connectivity index (χ1n) is 5.12. The molecule has 1 aromatic rings. The number of thiophene rings is 1. The largest absolute Gasteiger partial charge is 0.314 e. The molecule has 0 amide bonds. The van der Waals surface area contributed by atoms with E-state index in [0.717, 1.165) is 18.5 Å². The second-order valence-corrected chi connectivity index (χ2v) is 4.94. The lowest BCUT2D eigenvalue weighted by molar-refractivity contribution is 0.501. The van der Waals surface area contributed by atoms with Gasteiger partial charge in [-0.05, 0) is 43.6 Å². The summed E-state index contributed by atoms with van der Waals surface area (Å²) in [5.74, 6) is 0.975. The molecule has 13 heavy (non-hydrogen) atoms. The summed E-state index contributed by atoms with van der Waals surface area (Å²) >= 11 is 1.86. The van der Waals surface area contributed by atoms with Crippen molar-refractivity contribution in [2.75, 3.05) is 6.54 Å². The van der Waals surface area contributed by atoms with Crippen LogP contribution in [0, 0.1) is 5.92 Å². The van der Waals surface area contributed by atoms with Gasteiger partial charge in [0, 0.05) is 17.5 Å². The van der Waals surface area contributed by atoms with Crippen LogP contribution in [0.15, 0.2) is 17.5 Å². The lowest BCUT2D eigenvalue weighted by Crippen LogP contribution is -2.29. The molecular formula is C11H17NS. The van der Waals surface area contributed by atoms with Gasteiger partial charge in [0.15, 0.2) is 0 Å². The monoisotopic (exact) mass is 195 g/mol. The van der Waals surface area contributed by atoms with Crippen molar-refractivity contribution in [3.63, 3.8) is 0 Å². The van der Waals surface area contributed by atoms with Gasteiger partial charge in [-0.25, -0.2) is 0 Å². The maximum Gasteiger partial charge on any atom is 0.00671 e. The molecule has 1 aliphatic carbocycles. The molecule has 0 aliphatic heterocycles. The highest BCUT2D eigenvalue weighted by molar-refractivity contribution is 7.09. The Bertz CT molecular complexity index is 239. The molecule has 0 radical (unpaired) electrons. The Labute approximate surface area is 84.2 Å². The summed E-state index contributed by atoms with van der Waals surface area (Å²) in [7, 11) is 0. The average Bonchev–Trinajstić information content (AvgIpc) is 2.86. The van der Waals surface area contributed by atoms with E-state index in [4.69, 9.17) is 0 Å². The van der Waals surface area contributed by atoms with Crippen molar-refractivity contribution in [1.29, 1.82) is 0 Å². The molecule has 1 nitrogen and oxygen atoms in total. The minimum Gasteiger partial charge on any atom is -0.314 e. The van der Waals surface area contributed by atoms with Crippen molar-refractivity contribution in [2.24, 2.45) is 5.92 Å². The Balaban J connectivity index is 1.63. The van der Waals surface area contributed by atoms with Crippen molar-refractivity contribution in [2.45, 2.75) is 32.2 Å². The molecule has 2 heteroatoms. The topological polar surface area (TPSA) is 12.0 Å². The highest BCUT2D eigenvalue weighted by Crippen LogP contribution is 2.32. The summed E-state index contributed by atoms with van der Waals surface area (Å²) in [5, 5.41) is 5.74. The van der Waals surface area contributed by atoms with E-state index in [1.807, 2.05) is 11.3 Å². The molecule has 0 spiro atoms. The highest BCUT2D eigenvalue weighted by Gasteiger charge is 2.27. The van der Waals surface area contributed by atoms with Gasteiger partial charge in [0.2, 0.25) is 0 Å². The molecule has 1 aromatic heterocycles. The minimum absolute atomic E-state index is 0.736. The molecule has 1 fully saturated rings. The van der Waals surface area contributed by atoms with E-state index in [1.165, 1.54) is 24.1 Å². The zero-order chi connectivity index (χ0) is 9.10. The van der Waals surface area contributed by atoms with Crippen LogP contribution in [0.3, 0.4) is 0 Å². The van der Waals surface area contributed by atoms with Gasteiger partial charge < -0.3 is 5.32 Å². The maximum atomic E-state index is 3.59. The molecule has 72 valence electrons. The molecule has 0 unspecified atom stereocenters. The zero-order valence-corrected chi connectivity index (χ0v) is 8.94. The Morgan fingerprint density at radius 3 is 3.08 bits per heavy atom. The molecule has 0 aromatic carbocycles. The van der Waals surface area contributed by atoms with E-state index in [9.17, 15) is 0 Å². The van der Waals surface area contributed by atoms with E-state index in [1.54, 1.807) is 0 Å². The summed E-state index contributed by atoms with van der Waals surface area (Å²) in [6, 6.07) is 5.08. The van der Waals surface area contributed by atoms with Crippen molar-refractivity contribution in [1.82, 2.24) is 5.32 Å². The van der Waals surface area contributed by atoms with Gasteiger partial charge in [0.05, 0.1) is 0 Å². The summed E-state index contributed by atoms with van der Waals surface area (Å²) in [6.07, 6.45) is 4.06. The molecule has 0 saturated heterocycles. The van der Waals surface area contributed by atoms with Crippen LogP contribution in [0.2, 0.25) is 0 Å². The molecule has 0 bridgehead atoms. The van der Waals surface area contributed by atoms with E-state index in [2.05, 4.69) is 29.8 Å². The van der Waals surface area contributed by atoms with E-state index in [-0.39, 0.29) is 0 Å². The average molecular weight is 195 g/mol. The predicted molar refractivity (Wildman–Crippen MR) is 58.2 cm³/mol. The standard InChI is InChI=1S/C11H17NS/c1-9(10-4-5-10)12-7-6-11-3-2-8-13-11/h2-3,8-10,12H,4-7H2,1H3/t9-/m0/s1. The second-order valence-electron chi connectivity index (χ2n) is 3.91. The Morgan fingerprint density at radius 2 is 2.46 bits per heavy atom. The van der Waals surface area contributed by atoms with E-state index < -0.39 is 0 Å². The summed E-state index contributed by atoms with van der Waals surface area (Å²) in [5.41, 5.74) is 0. The molecule has 1 aliphatic rings. The molecule has 1 saturated carbocycles. The van der Waals surface area contributed by atoms with Gasteiger partial charge >= 0.3 is 0 Å². The summed E-state index contributed by atoms with van der Waals surface area (Å²) in [4.78, 5) is 1.50. The first kappa shape index (κ1) is 9.22. The van der Waals surface area contributed by atoms with Crippen LogP contribution < -0.4 is 5.32 Å². The third kappa shape index (κ3) is 2.82. The molecule has 1 N–H and O–H groups in total. The van der Waals surface area contributed by atoms with Crippen LogP contribution in [-0.4, -0.2) is 12.6 Å². The predicted octanol–water partition coefficient (Wildman–Crippen LogP) is 2.68. The van der Waals surface area contributed by atoms with Gasteiger partial charge in [0.25, 0.3) is 0 Å². The van der Waals surface area contributed by atoms with Gasteiger partial charge in [-0.1, -0.05) is 6.07 Å². The maximum absolute atomic E-state index is 3.59. The molecule has 1 heterocycles. The van der Waals surface area contributed by atoms with Crippen LogP contribution in [0.1, 0.15) is 24.6 Å². The normalized spacial score (nSPS) is 18.8. The van der Waals surface area contributed by atoms with Crippen molar-refractivity contribution >= 4 is 11.3 Å². The number of hydrogen-bond donors (Lipinski definition) is 1. The third-order valence-corrected chi connectivity index (χ3v) is 3.68. The highest BCUT2D eigenvalue weighted by atomic mass is 32.1. The quantitative estimate of drug-likeness (QED) is 0.761. The van der Waals surface area contributed by atoms with Gasteiger partial charge in [-0.3, -0.25) is 0 Å². The third-order valence-electron chi connectivity index (χ3n) is 2.75. The fourth-order valence-corrected chi connectivity index (χ4v) is 2.35. The summed E-state index contributed by atoms with van der Waals surface area (Å²) < 4.78 is 0. The number of nitrogens with one attached hydrogen (secondary N) is 1. The van der Waals surface area contributed by atoms with Crippen LogP contribution in [0.4, 0.5) is 0 Å². The lowest BCUT2D eigenvalue weighted by atomic mass is 10.2. The van der Waals surface area contributed by atoms with Gasteiger partial charge in [0.1, 0.15) is 0 Å². The first-order valence-corrected chi connectivity index (χ1v) is 6.00. The van der Waals surface area contributed by atoms with Crippen LogP contribution in [0.25, 0.3) is 0 Å². The molecule has 2 rings (SSSR count). The van der Waals surface area contributed by atoms with E-state index >= 15 is 0 Å². The van der Waals surface area contributed by atoms with Crippen molar-refractivity contribution in [3.05, 3.63) is 22.4 Å². The zero-order valence-electron chi connectivity index (χ0n) is 8.12.